The third kappa shape index (κ3) is 1.75. The summed E-state index contributed by atoms with van der Waals surface area (Å²) in [6, 6.07) is 0. The second-order valence-corrected chi connectivity index (χ2v) is 3.90. The molecule has 1 N–H and O–H groups in total. The number of aromatic nitrogens is 2. The van der Waals surface area contributed by atoms with E-state index in [1.54, 1.807) is 0 Å². The van der Waals surface area contributed by atoms with Gasteiger partial charge in [0.15, 0.2) is 0 Å². The minimum absolute atomic E-state index is 1.02. The van der Waals surface area contributed by atoms with Gasteiger partial charge in [-0.25, -0.2) is 0 Å². The standard InChI is InChI=1S/C10H17N3/c1-8-9(2)11-12-10(8)7-13-5-3-4-6-13/h3-7H2,1-2H3,(H,11,12). The molecule has 2 rings (SSSR count). The zero-order chi connectivity index (χ0) is 9.26. The molecule has 0 aliphatic carbocycles. The van der Waals surface area contributed by atoms with E-state index < -0.39 is 0 Å². The van der Waals surface area contributed by atoms with Gasteiger partial charge < -0.3 is 0 Å². The molecule has 0 bridgehead atoms. The summed E-state index contributed by atoms with van der Waals surface area (Å²) in [7, 11) is 0. The highest BCUT2D eigenvalue weighted by molar-refractivity contribution is 5.22. The van der Waals surface area contributed by atoms with Crippen molar-refractivity contribution in [3.63, 3.8) is 0 Å². The molecule has 1 aliphatic heterocycles. The molecule has 0 saturated carbocycles. The highest BCUT2D eigenvalue weighted by atomic mass is 15.2. The number of nitrogens with zero attached hydrogens (tertiary/aromatic N) is 2. The van der Waals surface area contributed by atoms with Crippen molar-refractivity contribution in [2.75, 3.05) is 13.1 Å². The molecule has 0 spiro atoms. The number of hydrogen-bond donors (Lipinski definition) is 1. The van der Waals surface area contributed by atoms with Crippen molar-refractivity contribution in [2.24, 2.45) is 0 Å². The van der Waals surface area contributed by atoms with Gasteiger partial charge in [-0.05, 0) is 45.3 Å². The van der Waals surface area contributed by atoms with Gasteiger partial charge in [-0.3, -0.25) is 10.00 Å². The number of nitrogens with one attached hydrogen (secondary N) is 1. The maximum Gasteiger partial charge on any atom is 0.0794 e. The lowest BCUT2D eigenvalue weighted by atomic mass is 10.2. The molecule has 1 aromatic rings. The minimum atomic E-state index is 1.02. The molecule has 1 aromatic heterocycles. The summed E-state index contributed by atoms with van der Waals surface area (Å²) in [6.45, 7) is 7.73. The first-order valence-electron chi connectivity index (χ1n) is 5.00. The Labute approximate surface area is 79.1 Å². The van der Waals surface area contributed by atoms with Gasteiger partial charge in [0.25, 0.3) is 0 Å². The number of rotatable bonds is 2. The van der Waals surface area contributed by atoms with E-state index in [0.29, 0.717) is 0 Å². The van der Waals surface area contributed by atoms with Gasteiger partial charge in [0.1, 0.15) is 0 Å². The average molecular weight is 179 g/mol. The molecule has 1 aliphatic rings. The lowest BCUT2D eigenvalue weighted by Crippen LogP contribution is -2.19. The van der Waals surface area contributed by atoms with Crippen LogP contribution < -0.4 is 0 Å². The summed E-state index contributed by atoms with van der Waals surface area (Å²) < 4.78 is 0. The summed E-state index contributed by atoms with van der Waals surface area (Å²) in [5, 5.41) is 7.35. The third-order valence-corrected chi connectivity index (χ3v) is 2.93. The second kappa shape index (κ2) is 3.50. The van der Waals surface area contributed by atoms with Crippen LogP contribution in [0.15, 0.2) is 0 Å². The van der Waals surface area contributed by atoms with E-state index in [9.17, 15) is 0 Å². The third-order valence-electron chi connectivity index (χ3n) is 2.93. The molecular formula is C10H17N3. The summed E-state index contributed by atoms with van der Waals surface area (Å²) in [5.74, 6) is 0. The molecule has 0 amide bonds. The molecule has 3 nitrogen and oxygen atoms in total. The molecule has 1 fully saturated rings. The Kier molecular flexibility index (Phi) is 2.36. The van der Waals surface area contributed by atoms with Gasteiger partial charge in [-0.15, -0.1) is 0 Å². The fourth-order valence-electron chi connectivity index (χ4n) is 1.84. The molecule has 1 saturated heterocycles. The SMILES string of the molecule is Cc1[nH]nc(CN2CCCC2)c1C. The first kappa shape index (κ1) is 8.75. The summed E-state index contributed by atoms with van der Waals surface area (Å²) in [6.07, 6.45) is 2.70. The van der Waals surface area contributed by atoms with Crippen LogP contribution in [0.1, 0.15) is 29.8 Å². The van der Waals surface area contributed by atoms with Crippen LogP contribution in [0.4, 0.5) is 0 Å². The Morgan fingerprint density at radius 3 is 2.54 bits per heavy atom. The van der Waals surface area contributed by atoms with Gasteiger partial charge >= 0.3 is 0 Å². The molecule has 0 radical (unpaired) electrons. The number of aromatic amines is 1. The zero-order valence-electron chi connectivity index (χ0n) is 8.43. The Morgan fingerprint density at radius 2 is 2.00 bits per heavy atom. The molecule has 0 atom stereocenters. The number of hydrogen-bond acceptors (Lipinski definition) is 2. The van der Waals surface area contributed by atoms with E-state index in [1.807, 2.05) is 0 Å². The fraction of sp³-hybridized carbons (Fsp3) is 0.700. The predicted molar refractivity (Wildman–Crippen MR) is 52.6 cm³/mol. The van der Waals surface area contributed by atoms with Crippen LogP contribution in [0.2, 0.25) is 0 Å². The highest BCUT2D eigenvalue weighted by Gasteiger charge is 2.14. The molecule has 13 heavy (non-hydrogen) atoms. The van der Waals surface area contributed by atoms with Gasteiger partial charge in [-0.2, -0.15) is 5.10 Å². The van der Waals surface area contributed by atoms with Crippen molar-refractivity contribution < 1.29 is 0 Å². The van der Waals surface area contributed by atoms with E-state index in [4.69, 9.17) is 0 Å². The van der Waals surface area contributed by atoms with E-state index in [-0.39, 0.29) is 0 Å². The first-order chi connectivity index (χ1) is 6.27. The van der Waals surface area contributed by atoms with Crippen LogP contribution >= 0.6 is 0 Å². The highest BCUT2D eigenvalue weighted by Crippen LogP contribution is 2.15. The van der Waals surface area contributed by atoms with Crippen LogP contribution in [-0.2, 0) is 6.54 Å². The van der Waals surface area contributed by atoms with Gasteiger partial charge in [0.2, 0.25) is 0 Å². The van der Waals surface area contributed by atoms with Crippen LogP contribution in [-0.4, -0.2) is 28.2 Å². The van der Waals surface area contributed by atoms with Crippen LogP contribution in [0.25, 0.3) is 0 Å². The Morgan fingerprint density at radius 1 is 1.31 bits per heavy atom. The van der Waals surface area contributed by atoms with Gasteiger partial charge in [-0.1, -0.05) is 0 Å². The largest absolute Gasteiger partial charge is 0.297 e. The maximum atomic E-state index is 4.31. The quantitative estimate of drug-likeness (QED) is 0.748. The number of H-pyrrole nitrogens is 1. The van der Waals surface area contributed by atoms with Crippen LogP contribution in [0, 0.1) is 13.8 Å². The van der Waals surface area contributed by atoms with Gasteiger partial charge in [0, 0.05) is 12.2 Å². The van der Waals surface area contributed by atoms with Crippen molar-refractivity contribution in [1.29, 1.82) is 0 Å². The van der Waals surface area contributed by atoms with Gasteiger partial charge in [0.05, 0.1) is 5.69 Å². The van der Waals surface area contributed by atoms with Crippen LogP contribution in [0.3, 0.4) is 0 Å². The second-order valence-electron chi connectivity index (χ2n) is 3.90. The molecule has 0 aromatic carbocycles. The van der Waals surface area contributed by atoms with Crippen molar-refractivity contribution in [1.82, 2.24) is 15.1 Å². The topological polar surface area (TPSA) is 31.9 Å². The minimum Gasteiger partial charge on any atom is -0.297 e. The number of aryl methyl sites for hydroxylation is 1. The molecule has 3 heteroatoms. The Balaban J connectivity index is 2.04. The first-order valence-corrected chi connectivity index (χ1v) is 5.00. The smallest absolute Gasteiger partial charge is 0.0794 e. The average Bonchev–Trinajstić information content (AvgIpc) is 2.71. The van der Waals surface area contributed by atoms with Crippen molar-refractivity contribution in [2.45, 2.75) is 33.2 Å². The Hall–Kier alpha value is -0.830. The fourth-order valence-corrected chi connectivity index (χ4v) is 1.84. The molecule has 2 heterocycles. The summed E-state index contributed by atoms with van der Waals surface area (Å²) in [5.41, 5.74) is 3.75. The number of likely N-dealkylation sites (tertiary alicyclic amines) is 1. The van der Waals surface area contributed by atoms with Crippen molar-refractivity contribution >= 4 is 0 Å². The van der Waals surface area contributed by atoms with E-state index >= 15 is 0 Å². The van der Waals surface area contributed by atoms with Crippen LogP contribution in [0.5, 0.6) is 0 Å². The van der Waals surface area contributed by atoms with E-state index in [2.05, 4.69) is 28.9 Å². The normalized spacial score (nSPS) is 18.3. The monoisotopic (exact) mass is 179 g/mol. The zero-order valence-corrected chi connectivity index (χ0v) is 8.43. The molecular weight excluding hydrogens is 162 g/mol. The Bertz CT molecular complexity index is 284. The van der Waals surface area contributed by atoms with Crippen molar-refractivity contribution in [3.8, 4) is 0 Å². The molecule has 0 unspecified atom stereocenters. The van der Waals surface area contributed by atoms with E-state index in [1.165, 1.54) is 42.9 Å². The lowest BCUT2D eigenvalue weighted by molar-refractivity contribution is 0.326. The van der Waals surface area contributed by atoms with Crippen molar-refractivity contribution in [3.05, 3.63) is 17.0 Å². The summed E-state index contributed by atoms with van der Waals surface area (Å²) in [4.78, 5) is 2.47. The maximum absolute atomic E-state index is 4.31. The van der Waals surface area contributed by atoms with E-state index in [0.717, 1.165) is 6.54 Å². The summed E-state index contributed by atoms with van der Waals surface area (Å²) >= 11 is 0. The predicted octanol–water partition coefficient (Wildman–Crippen LogP) is 1.62. The molecule has 72 valence electrons. The lowest BCUT2D eigenvalue weighted by Gasteiger charge is -2.12.